The lowest BCUT2D eigenvalue weighted by Gasteiger charge is -2.03. The van der Waals surface area contributed by atoms with Crippen molar-refractivity contribution in [3.8, 4) is 5.75 Å². The Morgan fingerprint density at radius 1 is 0.842 bits per heavy atom. The summed E-state index contributed by atoms with van der Waals surface area (Å²) in [6, 6.07) is 12.5. The molecule has 2 aromatic carbocycles. The number of aromatic hydroxyl groups is 1. The number of carbonyl (C=O) groups is 2. The molecule has 0 spiro atoms. The summed E-state index contributed by atoms with van der Waals surface area (Å²) in [5.41, 5.74) is 1.61. The first-order valence-electron chi connectivity index (χ1n) is 5.71. The van der Waals surface area contributed by atoms with E-state index >= 15 is 0 Å². The van der Waals surface area contributed by atoms with Gasteiger partial charge in [-0.2, -0.15) is 0 Å². The molecule has 0 bridgehead atoms. The summed E-state index contributed by atoms with van der Waals surface area (Å²) in [4.78, 5) is 22.6. The highest BCUT2D eigenvalue weighted by Gasteiger charge is 2.09. The molecule has 0 radical (unpaired) electrons. The highest BCUT2D eigenvalue weighted by atomic mass is 16.4. The predicted octanol–water partition coefficient (Wildman–Crippen LogP) is 2.25. The molecule has 0 aliphatic rings. The smallest absolute Gasteiger partial charge is 0.307 e. The third-order valence-corrected chi connectivity index (χ3v) is 2.70. The van der Waals surface area contributed by atoms with Gasteiger partial charge in [-0.05, 0) is 29.8 Å². The normalized spacial score (nSPS) is 10.1. The number of aliphatic carboxylic acids is 1. The average Bonchev–Trinajstić information content (AvgIpc) is 2.39. The summed E-state index contributed by atoms with van der Waals surface area (Å²) < 4.78 is 0. The lowest BCUT2D eigenvalue weighted by Crippen LogP contribution is -2.03. The molecule has 0 aliphatic carbocycles. The third-order valence-electron chi connectivity index (χ3n) is 2.70. The van der Waals surface area contributed by atoms with Crippen LogP contribution in [0.15, 0.2) is 48.5 Å². The quantitative estimate of drug-likeness (QED) is 0.823. The van der Waals surface area contributed by atoms with E-state index in [1.807, 2.05) is 0 Å². The zero-order valence-corrected chi connectivity index (χ0v) is 10.0. The number of rotatable bonds is 4. The SMILES string of the molecule is O=C(O)Cc1ccc(C(=O)c2ccc(O)cc2)cc1. The Morgan fingerprint density at radius 2 is 1.32 bits per heavy atom. The number of phenols is 1. The molecule has 0 aliphatic heterocycles. The summed E-state index contributed by atoms with van der Waals surface area (Å²) in [6.07, 6.45) is -0.0618. The topological polar surface area (TPSA) is 74.6 Å². The number of hydrogen-bond donors (Lipinski definition) is 2. The lowest BCUT2D eigenvalue weighted by molar-refractivity contribution is -0.136. The summed E-state index contributed by atoms with van der Waals surface area (Å²) in [6.45, 7) is 0. The molecule has 0 amide bonds. The van der Waals surface area contributed by atoms with Gasteiger partial charge in [-0.25, -0.2) is 0 Å². The van der Waals surface area contributed by atoms with Gasteiger partial charge in [0.15, 0.2) is 5.78 Å². The van der Waals surface area contributed by atoms with Crippen LogP contribution in [0.1, 0.15) is 21.5 Å². The van der Waals surface area contributed by atoms with Crippen LogP contribution in [0.5, 0.6) is 5.75 Å². The van der Waals surface area contributed by atoms with Gasteiger partial charge in [0.2, 0.25) is 0 Å². The largest absolute Gasteiger partial charge is 0.508 e. The maximum absolute atomic E-state index is 12.1. The van der Waals surface area contributed by atoms with E-state index in [4.69, 9.17) is 10.2 Å². The minimum absolute atomic E-state index is 0.0618. The van der Waals surface area contributed by atoms with Gasteiger partial charge in [0.25, 0.3) is 0 Å². The first-order chi connectivity index (χ1) is 9.06. The van der Waals surface area contributed by atoms with Crippen molar-refractivity contribution in [3.05, 3.63) is 65.2 Å². The van der Waals surface area contributed by atoms with E-state index in [0.717, 1.165) is 0 Å². The van der Waals surface area contributed by atoms with Crippen LogP contribution in [-0.2, 0) is 11.2 Å². The second-order valence-electron chi connectivity index (χ2n) is 4.14. The van der Waals surface area contributed by atoms with Crippen molar-refractivity contribution in [1.82, 2.24) is 0 Å². The average molecular weight is 256 g/mol. The fraction of sp³-hybridized carbons (Fsp3) is 0.0667. The lowest BCUT2D eigenvalue weighted by atomic mass is 10.0. The third kappa shape index (κ3) is 3.19. The Kier molecular flexibility index (Phi) is 3.61. The number of ketones is 1. The number of benzene rings is 2. The first kappa shape index (κ1) is 12.8. The Bertz CT molecular complexity index is 597. The fourth-order valence-electron chi connectivity index (χ4n) is 1.73. The molecular formula is C15H12O4. The number of carboxylic acids is 1. The standard InChI is InChI=1S/C15H12O4/c16-13-7-5-12(6-8-13)15(19)11-3-1-10(2-4-11)9-14(17)18/h1-8,16H,9H2,(H,17,18). The fourth-order valence-corrected chi connectivity index (χ4v) is 1.73. The van der Waals surface area contributed by atoms with Crippen molar-refractivity contribution in [2.24, 2.45) is 0 Å². The van der Waals surface area contributed by atoms with E-state index in [2.05, 4.69) is 0 Å². The second kappa shape index (κ2) is 5.35. The minimum Gasteiger partial charge on any atom is -0.508 e. The van der Waals surface area contributed by atoms with Crippen molar-refractivity contribution in [2.45, 2.75) is 6.42 Å². The number of carbonyl (C=O) groups excluding carboxylic acids is 1. The molecule has 2 rings (SSSR count). The van der Waals surface area contributed by atoms with Crippen LogP contribution in [-0.4, -0.2) is 22.0 Å². The van der Waals surface area contributed by atoms with E-state index in [1.54, 1.807) is 36.4 Å². The molecule has 2 aromatic rings. The van der Waals surface area contributed by atoms with Crippen LogP contribution in [0.25, 0.3) is 0 Å². The van der Waals surface area contributed by atoms with Crippen LogP contribution < -0.4 is 0 Å². The van der Waals surface area contributed by atoms with Crippen LogP contribution in [0.4, 0.5) is 0 Å². The van der Waals surface area contributed by atoms with Gasteiger partial charge in [0, 0.05) is 11.1 Å². The summed E-state index contributed by atoms with van der Waals surface area (Å²) in [7, 11) is 0. The Hall–Kier alpha value is -2.62. The van der Waals surface area contributed by atoms with Crippen LogP contribution in [0, 0.1) is 0 Å². The van der Waals surface area contributed by atoms with Gasteiger partial charge in [0.05, 0.1) is 6.42 Å². The predicted molar refractivity (Wildman–Crippen MR) is 69.3 cm³/mol. The second-order valence-corrected chi connectivity index (χ2v) is 4.14. The van der Waals surface area contributed by atoms with Gasteiger partial charge >= 0.3 is 5.97 Å². The summed E-state index contributed by atoms with van der Waals surface area (Å²) >= 11 is 0. The molecule has 2 N–H and O–H groups in total. The van der Waals surface area contributed by atoms with Crippen molar-refractivity contribution in [2.75, 3.05) is 0 Å². The Morgan fingerprint density at radius 3 is 1.79 bits per heavy atom. The molecule has 0 aromatic heterocycles. The molecule has 0 fully saturated rings. The van der Waals surface area contributed by atoms with E-state index in [0.29, 0.717) is 16.7 Å². The van der Waals surface area contributed by atoms with Crippen molar-refractivity contribution in [1.29, 1.82) is 0 Å². The number of phenolic OH excluding ortho intramolecular Hbond substituents is 1. The van der Waals surface area contributed by atoms with Crippen molar-refractivity contribution < 1.29 is 19.8 Å². The molecule has 0 saturated heterocycles. The zero-order chi connectivity index (χ0) is 13.8. The molecule has 0 heterocycles. The summed E-state index contributed by atoms with van der Waals surface area (Å²) in [5.74, 6) is -0.965. The van der Waals surface area contributed by atoms with E-state index in [1.165, 1.54) is 12.1 Å². The molecule has 0 saturated carbocycles. The van der Waals surface area contributed by atoms with Gasteiger partial charge in [-0.1, -0.05) is 24.3 Å². The van der Waals surface area contributed by atoms with Crippen molar-refractivity contribution in [3.63, 3.8) is 0 Å². The maximum Gasteiger partial charge on any atom is 0.307 e. The molecule has 4 heteroatoms. The minimum atomic E-state index is -0.905. The molecule has 0 atom stereocenters. The maximum atomic E-state index is 12.1. The summed E-state index contributed by atoms with van der Waals surface area (Å²) in [5, 5.41) is 17.8. The molecule has 19 heavy (non-hydrogen) atoms. The van der Waals surface area contributed by atoms with Crippen molar-refractivity contribution >= 4 is 11.8 Å². The van der Waals surface area contributed by atoms with E-state index in [-0.39, 0.29) is 18.0 Å². The molecule has 0 unspecified atom stereocenters. The van der Waals surface area contributed by atoms with Crippen LogP contribution in [0.2, 0.25) is 0 Å². The molecule has 4 nitrogen and oxygen atoms in total. The highest BCUT2D eigenvalue weighted by molar-refractivity contribution is 6.09. The molecular weight excluding hydrogens is 244 g/mol. The van der Waals surface area contributed by atoms with Gasteiger partial charge < -0.3 is 10.2 Å². The Balaban J connectivity index is 2.20. The van der Waals surface area contributed by atoms with E-state index in [9.17, 15) is 9.59 Å². The van der Waals surface area contributed by atoms with Gasteiger partial charge in [0.1, 0.15) is 5.75 Å². The van der Waals surface area contributed by atoms with Crippen LogP contribution in [0.3, 0.4) is 0 Å². The Labute approximate surface area is 109 Å². The van der Waals surface area contributed by atoms with E-state index < -0.39 is 5.97 Å². The van der Waals surface area contributed by atoms with Crippen LogP contribution >= 0.6 is 0 Å². The zero-order valence-electron chi connectivity index (χ0n) is 10.0. The number of carboxylic acid groups (broad SMARTS) is 1. The number of hydrogen-bond acceptors (Lipinski definition) is 3. The molecule has 96 valence electrons. The van der Waals surface area contributed by atoms with Gasteiger partial charge in [-0.15, -0.1) is 0 Å². The highest BCUT2D eigenvalue weighted by Crippen LogP contribution is 2.15. The van der Waals surface area contributed by atoms with Gasteiger partial charge in [-0.3, -0.25) is 9.59 Å². The monoisotopic (exact) mass is 256 g/mol. The first-order valence-corrected chi connectivity index (χ1v) is 5.71.